The summed E-state index contributed by atoms with van der Waals surface area (Å²) in [6.45, 7) is 0. The summed E-state index contributed by atoms with van der Waals surface area (Å²) in [5.74, 6) is 0.0791. The van der Waals surface area contributed by atoms with Crippen LogP contribution in [-0.2, 0) is 0 Å². The van der Waals surface area contributed by atoms with Gasteiger partial charge in [-0.1, -0.05) is 115 Å². The lowest BCUT2D eigenvalue weighted by Gasteiger charge is -2.16. The van der Waals surface area contributed by atoms with E-state index in [2.05, 4.69) is 18.2 Å². The van der Waals surface area contributed by atoms with Crippen molar-refractivity contribution in [1.29, 1.82) is 0 Å². The minimum atomic E-state index is -0.916. The minimum Gasteiger partial charge on any atom is -0.212 e. The maximum Gasteiger partial charge on any atom is 0.163 e. The van der Waals surface area contributed by atoms with Gasteiger partial charge in [-0.25, -0.2) is 15.0 Å². The van der Waals surface area contributed by atoms with Gasteiger partial charge in [-0.2, -0.15) is 0 Å². The first kappa shape index (κ1) is 17.6. The summed E-state index contributed by atoms with van der Waals surface area (Å²) in [7, 11) is 0. The van der Waals surface area contributed by atoms with Gasteiger partial charge in [0.2, 0.25) is 0 Å². The summed E-state index contributed by atoms with van der Waals surface area (Å²) in [5, 5.41) is 2.17. The van der Waals surface area contributed by atoms with Crippen molar-refractivity contribution in [1.82, 2.24) is 15.0 Å². The Labute approximate surface area is 271 Å². The van der Waals surface area contributed by atoms with Crippen LogP contribution in [0.3, 0.4) is 0 Å². The zero-order valence-electron chi connectivity index (χ0n) is 32.0. The summed E-state index contributed by atoms with van der Waals surface area (Å²) in [6, 6.07) is 25.3. The van der Waals surface area contributed by atoms with Gasteiger partial charge in [0.15, 0.2) is 11.6 Å². The van der Waals surface area contributed by atoms with E-state index >= 15 is 0 Å². The number of hydrogen-bond acceptors (Lipinski definition) is 4. The fraction of sp³-hybridized carbons (Fsp3) is 0.0250. The topological polar surface area (TPSA) is 38.7 Å². The summed E-state index contributed by atoms with van der Waals surface area (Å²) < 4.78 is 79.5. The molecule has 0 bridgehead atoms. The van der Waals surface area contributed by atoms with E-state index in [4.69, 9.17) is 27.3 Å². The second-order valence-electron chi connectivity index (χ2n) is 10.5. The highest BCUT2D eigenvalue weighted by Crippen LogP contribution is 2.48. The second-order valence-corrected chi connectivity index (χ2v) is 11.6. The molecule has 1 aliphatic rings. The molecular weight excluding hydrogens is 555 g/mol. The molecule has 0 N–H and O–H groups in total. The Balaban J connectivity index is 1.33. The van der Waals surface area contributed by atoms with Crippen molar-refractivity contribution in [3.63, 3.8) is 0 Å². The Bertz CT molecular complexity index is 2830. The van der Waals surface area contributed by atoms with Crippen LogP contribution in [0.5, 0.6) is 0 Å². The molecule has 1 atom stereocenters. The number of rotatable bonds is 4. The number of nitrogens with zero attached hydrogens (tertiary/aromatic N) is 3. The third kappa shape index (κ3) is 4.07. The molecule has 0 fully saturated rings. The molecule has 0 spiro atoms. The Morgan fingerprint density at radius 3 is 2.11 bits per heavy atom. The fourth-order valence-electron chi connectivity index (χ4n) is 5.99. The first-order chi connectivity index (χ1) is 25.5. The second kappa shape index (κ2) is 10.1. The molecular formula is C40H25N3S. The molecule has 44 heavy (non-hydrogen) atoms. The Morgan fingerprint density at radius 1 is 0.500 bits per heavy atom. The highest BCUT2D eigenvalue weighted by Gasteiger charge is 2.33. The van der Waals surface area contributed by atoms with Crippen LogP contribution in [0.1, 0.15) is 35.2 Å². The van der Waals surface area contributed by atoms with Crippen molar-refractivity contribution in [2.45, 2.75) is 5.92 Å². The van der Waals surface area contributed by atoms with Gasteiger partial charge in [-0.05, 0) is 63.7 Å². The van der Waals surface area contributed by atoms with Gasteiger partial charge >= 0.3 is 0 Å². The highest BCUT2D eigenvalue weighted by molar-refractivity contribution is 7.25. The average Bonchev–Trinajstić information content (AvgIpc) is 3.73. The average molecular weight is 589 g/mol. The van der Waals surface area contributed by atoms with Crippen molar-refractivity contribution in [2.24, 2.45) is 0 Å². The monoisotopic (exact) mass is 588 g/mol. The smallest absolute Gasteiger partial charge is 0.163 e. The lowest BCUT2D eigenvalue weighted by atomic mass is 9.93. The molecule has 3 nitrogen and oxygen atoms in total. The maximum atomic E-state index is 9.13. The van der Waals surface area contributed by atoms with Crippen molar-refractivity contribution < 1.29 is 12.3 Å². The quantitative estimate of drug-likeness (QED) is 0.205. The number of benzene rings is 6. The van der Waals surface area contributed by atoms with Gasteiger partial charge in [0.1, 0.15) is 5.82 Å². The van der Waals surface area contributed by atoms with E-state index in [0.717, 1.165) is 31.3 Å². The molecule has 2 heterocycles. The lowest BCUT2D eigenvalue weighted by Crippen LogP contribution is -2.09. The van der Waals surface area contributed by atoms with Gasteiger partial charge in [0.25, 0.3) is 0 Å². The van der Waals surface area contributed by atoms with E-state index in [-0.39, 0.29) is 41.6 Å². The summed E-state index contributed by atoms with van der Waals surface area (Å²) >= 11 is 1.70. The molecule has 1 aliphatic carbocycles. The fourth-order valence-corrected chi connectivity index (χ4v) is 7.07. The standard InChI is InChI=1S/C40H25N3S/c1-3-11-25(12-4-1)27-19-21-30-29-15-7-8-17-32(29)37(34(30)23-27)40-42-38(26-13-5-2-6-14-26)41-39(43-40)28-20-22-36-33(24-28)31-16-9-10-18-35(31)44-36/h1-24,37H/i1D,3D,4D,7D,8D,11D,12D,15D,17D. The number of thiophene rings is 1. The van der Waals surface area contributed by atoms with E-state index in [1.807, 2.05) is 54.6 Å². The predicted molar refractivity (Wildman–Crippen MR) is 182 cm³/mol. The van der Waals surface area contributed by atoms with E-state index < -0.39 is 30.1 Å². The van der Waals surface area contributed by atoms with E-state index in [1.165, 1.54) is 0 Å². The van der Waals surface area contributed by atoms with Crippen molar-refractivity contribution in [2.75, 3.05) is 0 Å². The van der Waals surface area contributed by atoms with Crippen molar-refractivity contribution in [3.05, 3.63) is 162 Å². The Morgan fingerprint density at radius 2 is 1.23 bits per heavy atom. The molecule has 2 aromatic heterocycles. The molecule has 206 valence electrons. The van der Waals surface area contributed by atoms with Gasteiger partial charge < -0.3 is 0 Å². The molecule has 1 unspecified atom stereocenters. The van der Waals surface area contributed by atoms with Crippen LogP contribution in [-0.4, -0.2) is 15.0 Å². The van der Waals surface area contributed by atoms with Crippen LogP contribution in [0, 0.1) is 0 Å². The molecule has 0 amide bonds. The molecule has 4 heteroatoms. The van der Waals surface area contributed by atoms with E-state index in [9.17, 15) is 0 Å². The number of hydrogen-bond donors (Lipinski definition) is 0. The Hall–Kier alpha value is -5.45. The summed E-state index contributed by atoms with van der Waals surface area (Å²) in [4.78, 5) is 15.0. The lowest BCUT2D eigenvalue weighted by molar-refractivity contribution is 0.856. The molecule has 9 rings (SSSR count). The molecule has 0 saturated heterocycles. The summed E-state index contributed by atoms with van der Waals surface area (Å²) in [6.07, 6.45) is 0. The maximum absolute atomic E-state index is 9.13. The zero-order chi connectivity index (χ0) is 36.9. The number of aromatic nitrogens is 3. The first-order valence-corrected chi connectivity index (χ1v) is 14.9. The minimum absolute atomic E-state index is 0.00524. The van der Waals surface area contributed by atoms with Crippen LogP contribution < -0.4 is 0 Å². The molecule has 0 aliphatic heterocycles. The van der Waals surface area contributed by atoms with Gasteiger partial charge in [-0.3, -0.25) is 0 Å². The third-order valence-electron chi connectivity index (χ3n) is 8.00. The van der Waals surface area contributed by atoms with E-state index in [1.54, 1.807) is 29.5 Å². The number of fused-ring (bicyclic) bond motifs is 6. The molecule has 8 aromatic rings. The molecule has 0 radical (unpaired) electrons. The molecule has 0 saturated carbocycles. The predicted octanol–water partition coefficient (Wildman–Crippen LogP) is 10.4. The van der Waals surface area contributed by atoms with Crippen molar-refractivity contribution >= 4 is 31.5 Å². The highest BCUT2D eigenvalue weighted by atomic mass is 32.1. The SMILES string of the molecule is [2H]c1c([2H])c([2H])c(-c2ccc3c(c2)C(c2nc(-c4ccccc4)nc(-c4ccc5sc6ccccc6c5c4)n2)c2c([2H])c([2H])c([2H])c([2H])c2-3)c([2H])c1[2H]. The van der Waals surface area contributed by atoms with Crippen LogP contribution in [0.4, 0.5) is 0 Å². The van der Waals surface area contributed by atoms with Crippen molar-refractivity contribution in [3.8, 4) is 45.0 Å². The zero-order valence-corrected chi connectivity index (χ0v) is 23.8. The third-order valence-corrected chi connectivity index (χ3v) is 9.16. The van der Waals surface area contributed by atoms with Gasteiger partial charge in [0.05, 0.1) is 18.3 Å². The van der Waals surface area contributed by atoms with Crippen LogP contribution >= 0.6 is 11.3 Å². The van der Waals surface area contributed by atoms with Gasteiger partial charge in [-0.15, -0.1) is 11.3 Å². The van der Waals surface area contributed by atoms with Crippen LogP contribution in [0.2, 0.25) is 0 Å². The van der Waals surface area contributed by atoms with Gasteiger partial charge in [0, 0.05) is 31.3 Å². The Kier molecular flexibility index (Phi) is 4.03. The van der Waals surface area contributed by atoms with Crippen LogP contribution in [0.15, 0.2) is 145 Å². The van der Waals surface area contributed by atoms with E-state index in [0.29, 0.717) is 39.5 Å². The normalized spacial score (nSPS) is 16.5. The summed E-state index contributed by atoms with van der Waals surface area (Å²) in [5.41, 5.74) is 3.43. The van der Waals surface area contributed by atoms with Crippen LogP contribution in [0.25, 0.3) is 65.2 Å². The largest absolute Gasteiger partial charge is 0.212 e. The first-order valence-electron chi connectivity index (χ1n) is 18.6. The molecule has 6 aromatic carbocycles.